The Kier molecular flexibility index (Phi) is 5.37. The van der Waals surface area contributed by atoms with Gasteiger partial charge in [-0.15, -0.1) is 0 Å². The SMILES string of the molecule is Cc1ccccc1OCCN(C)C(=O)c1ccc(-c2ccc(F)cc2)o1. The molecule has 3 rings (SSSR count). The Morgan fingerprint density at radius 3 is 2.54 bits per heavy atom. The highest BCUT2D eigenvalue weighted by molar-refractivity contribution is 5.91. The van der Waals surface area contributed by atoms with Crippen molar-refractivity contribution in [3.8, 4) is 17.1 Å². The predicted octanol–water partition coefficient (Wildman–Crippen LogP) is 4.55. The molecule has 0 spiro atoms. The molecule has 0 saturated carbocycles. The van der Waals surface area contributed by atoms with E-state index in [1.165, 1.54) is 12.1 Å². The molecule has 4 nitrogen and oxygen atoms in total. The number of halogens is 1. The number of rotatable bonds is 6. The molecule has 0 N–H and O–H groups in total. The summed E-state index contributed by atoms with van der Waals surface area (Å²) in [4.78, 5) is 14.0. The molecule has 134 valence electrons. The quantitative estimate of drug-likeness (QED) is 0.653. The first-order chi connectivity index (χ1) is 12.5. The summed E-state index contributed by atoms with van der Waals surface area (Å²) in [5, 5.41) is 0. The van der Waals surface area contributed by atoms with Crippen LogP contribution in [0.25, 0.3) is 11.3 Å². The fourth-order valence-electron chi connectivity index (χ4n) is 2.52. The lowest BCUT2D eigenvalue weighted by molar-refractivity contribution is 0.0743. The van der Waals surface area contributed by atoms with Crippen LogP contribution in [-0.4, -0.2) is 31.0 Å². The number of likely N-dealkylation sites (N-methyl/N-ethyl adjacent to an activating group) is 1. The van der Waals surface area contributed by atoms with E-state index < -0.39 is 0 Å². The van der Waals surface area contributed by atoms with Gasteiger partial charge in [0, 0.05) is 12.6 Å². The Morgan fingerprint density at radius 1 is 1.08 bits per heavy atom. The van der Waals surface area contributed by atoms with Crippen LogP contribution in [0.1, 0.15) is 16.1 Å². The Morgan fingerprint density at radius 2 is 1.81 bits per heavy atom. The number of hydrogen-bond acceptors (Lipinski definition) is 3. The average Bonchev–Trinajstić information content (AvgIpc) is 3.13. The molecule has 2 aromatic carbocycles. The summed E-state index contributed by atoms with van der Waals surface area (Å²) in [6.07, 6.45) is 0. The van der Waals surface area contributed by atoms with Crippen LogP contribution < -0.4 is 4.74 Å². The van der Waals surface area contributed by atoms with Crippen LogP contribution in [0.15, 0.2) is 65.1 Å². The average molecular weight is 353 g/mol. The highest BCUT2D eigenvalue weighted by Gasteiger charge is 2.16. The van der Waals surface area contributed by atoms with Gasteiger partial charge in [-0.3, -0.25) is 4.79 Å². The summed E-state index contributed by atoms with van der Waals surface area (Å²) < 4.78 is 24.3. The lowest BCUT2D eigenvalue weighted by Crippen LogP contribution is -2.30. The molecule has 0 fully saturated rings. The highest BCUT2D eigenvalue weighted by atomic mass is 19.1. The first kappa shape index (κ1) is 17.7. The van der Waals surface area contributed by atoms with Gasteiger partial charge in [0.15, 0.2) is 5.76 Å². The number of para-hydroxylation sites is 1. The molecule has 0 aliphatic rings. The Hall–Kier alpha value is -3.08. The molecule has 0 radical (unpaired) electrons. The normalized spacial score (nSPS) is 10.6. The fraction of sp³-hybridized carbons (Fsp3) is 0.190. The Balaban J connectivity index is 1.58. The van der Waals surface area contributed by atoms with Gasteiger partial charge in [-0.1, -0.05) is 18.2 Å². The number of carbonyl (C=O) groups is 1. The minimum atomic E-state index is -0.315. The molecule has 1 aromatic heterocycles. The summed E-state index contributed by atoms with van der Waals surface area (Å²) in [6, 6.07) is 17.0. The second-order valence-electron chi connectivity index (χ2n) is 6.01. The molecule has 3 aromatic rings. The van der Waals surface area contributed by atoms with Crippen molar-refractivity contribution in [2.45, 2.75) is 6.92 Å². The summed E-state index contributed by atoms with van der Waals surface area (Å²) in [5.41, 5.74) is 1.77. The molecule has 5 heteroatoms. The van der Waals surface area contributed by atoms with Crippen LogP contribution >= 0.6 is 0 Å². The van der Waals surface area contributed by atoms with Gasteiger partial charge in [0.1, 0.15) is 23.9 Å². The molecule has 0 saturated heterocycles. The van der Waals surface area contributed by atoms with Crippen molar-refractivity contribution < 1.29 is 18.3 Å². The van der Waals surface area contributed by atoms with Crippen molar-refractivity contribution in [3.05, 3.63) is 77.8 Å². The summed E-state index contributed by atoms with van der Waals surface area (Å²) >= 11 is 0. The molecule has 26 heavy (non-hydrogen) atoms. The lowest BCUT2D eigenvalue weighted by atomic mass is 10.2. The molecular weight excluding hydrogens is 333 g/mol. The van der Waals surface area contributed by atoms with E-state index in [0.717, 1.165) is 16.9 Å². The minimum Gasteiger partial charge on any atom is -0.491 e. The maximum Gasteiger partial charge on any atom is 0.289 e. The van der Waals surface area contributed by atoms with Crippen LogP contribution in [-0.2, 0) is 0 Å². The topological polar surface area (TPSA) is 42.7 Å². The number of hydrogen-bond donors (Lipinski definition) is 0. The van der Waals surface area contributed by atoms with Gasteiger partial charge >= 0.3 is 0 Å². The van der Waals surface area contributed by atoms with Crippen LogP contribution in [0.4, 0.5) is 4.39 Å². The summed E-state index contributed by atoms with van der Waals surface area (Å²) in [7, 11) is 1.70. The third-order valence-corrected chi connectivity index (χ3v) is 4.07. The predicted molar refractivity (Wildman–Crippen MR) is 97.7 cm³/mol. The van der Waals surface area contributed by atoms with E-state index in [4.69, 9.17) is 9.15 Å². The molecule has 0 aliphatic carbocycles. The Labute approximate surface area is 151 Å². The van der Waals surface area contributed by atoms with Crippen molar-refractivity contribution in [1.29, 1.82) is 0 Å². The molecule has 0 bridgehead atoms. The smallest absolute Gasteiger partial charge is 0.289 e. The van der Waals surface area contributed by atoms with Crippen LogP contribution in [0, 0.1) is 12.7 Å². The number of aryl methyl sites for hydroxylation is 1. The van der Waals surface area contributed by atoms with Gasteiger partial charge in [-0.25, -0.2) is 4.39 Å². The van der Waals surface area contributed by atoms with Crippen molar-refractivity contribution in [2.24, 2.45) is 0 Å². The third kappa shape index (κ3) is 4.11. The minimum absolute atomic E-state index is 0.230. The largest absolute Gasteiger partial charge is 0.491 e. The molecule has 0 unspecified atom stereocenters. The van der Waals surface area contributed by atoms with Gasteiger partial charge in [-0.2, -0.15) is 0 Å². The molecule has 0 atom stereocenters. The van der Waals surface area contributed by atoms with Gasteiger partial charge in [0.05, 0.1) is 6.54 Å². The van der Waals surface area contributed by atoms with E-state index in [0.29, 0.717) is 18.9 Å². The first-order valence-corrected chi connectivity index (χ1v) is 8.34. The van der Waals surface area contributed by atoms with E-state index in [1.54, 1.807) is 36.2 Å². The summed E-state index contributed by atoms with van der Waals surface area (Å²) in [6.45, 7) is 2.79. The summed E-state index contributed by atoms with van der Waals surface area (Å²) in [5.74, 6) is 1.03. The van der Waals surface area contributed by atoms with Crippen molar-refractivity contribution in [3.63, 3.8) is 0 Å². The lowest BCUT2D eigenvalue weighted by Gasteiger charge is -2.16. The zero-order chi connectivity index (χ0) is 18.5. The first-order valence-electron chi connectivity index (χ1n) is 8.34. The number of carbonyl (C=O) groups excluding carboxylic acids is 1. The maximum absolute atomic E-state index is 13.0. The van der Waals surface area contributed by atoms with Crippen LogP contribution in [0.2, 0.25) is 0 Å². The number of nitrogens with zero attached hydrogens (tertiary/aromatic N) is 1. The van der Waals surface area contributed by atoms with E-state index in [2.05, 4.69) is 0 Å². The second-order valence-corrected chi connectivity index (χ2v) is 6.01. The molecule has 1 amide bonds. The van der Waals surface area contributed by atoms with Gasteiger partial charge in [0.2, 0.25) is 0 Å². The zero-order valence-electron chi connectivity index (χ0n) is 14.7. The molecule has 0 aliphatic heterocycles. The zero-order valence-corrected chi connectivity index (χ0v) is 14.7. The maximum atomic E-state index is 13.0. The Bertz CT molecular complexity index is 886. The monoisotopic (exact) mass is 353 g/mol. The number of furan rings is 1. The molecule has 1 heterocycles. The third-order valence-electron chi connectivity index (χ3n) is 4.07. The van der Waals surface area contributed by atoms with Gasteiger partial charge in [0.25, 0.3) is 5.91 Å². The van der Waals surface area contributed by atoms with Gasteiger partial charge < -0.3 is 14.1 Å². The number of ether oxygens (including phenoxy) is 1. The van der Waals surface area contributed by atoms with Crippen molar-refractivity contribution in [2.75, 3.05) is 20.2 Å². The second kappa shape index (κ2) is 7.87. The van der Waals surface area contributed by atoms with Crippen LogP contribution in [0.3, 0.4) is 0 Å². The standard InChI is InChI=1S/C21H20FNO3/c1-15-5-3-4-6-18(15)25-14-13-23(2)21(24)20-12-11-19(26-20)16-7-9-17(22)10-8-16/h3-12H,13-14H2,1-2H3. The van der Waals surface area contributed by atoms with E-state index >= 15 is 0 Å². The highest BCUT2D eigenvalue weighted by Crippen LogP contribution is 2.23. The van der Waals surface area contributed by atoms with Crippen LogP contribution in [0.5, 0.6) is 5.75 Å². The van der Waals surface area contributed by atoms with Crippen molar-refractivity contribution >= 4 is 5.91 Å². The van der Waals surface area contributed by atoms with E-state index in [1.807, 2.05) is 31.2 Å². The van der Waals surface area contributed by atoms with Gasteiger partial charge in [-0.05, 0) is 55.0 Å². The molecular formula is C21H20FNO3. The number of benzene rings is 2. The van der Waals surface area contributed by atoms with E-state index in [-0.39, 0.29) is 17.5 Å². The van der Waals surface area contributed by atoms with E-state index in [9.17, 15) is 9.18 Å². The van der Waals surface area contributed by atoms with Crippen molar-refractivity contribution in [1.82, 2.24) is 4.90 Å². The number of amides is 1. The fourth-order valence-corrected chi connectivity index (χ4v) is 2.52.